The molecule has 0 rings (SSSR count). The van der Waals surface area contributed by atoms with E-state index < -0.39 is 6.10 Å². The Kier molecular flexibility index (Phi) is 57.2. The maximum absolute atomic E-state index is 12.9. The third-order valence-corrected chi connectivity index (χ3v) is 13.8. The molecule has 0 saturated heterocycles. The van der Waals surface area contributed by atoms with Gasteiger partial charge in [0.2, 0.25) is 0 Å². The van der Waals surface area contributed by atoms with Gasteiger partial charge in [-0.15, -0.1) is 0 Å². The monoisotopic (exact) mass is 983 g/mol. The van der Waals surface area contributed by atoms with Crippen molar-refractivity contribution in [2.45, 2.75) is 341 Å². The maximum atomic E-state index is 12.9. The van der Waals surface area contributed by atoms with Crippen molar-refractivity contribution in [2.75, 3.05) is 13.2 Å². The smallest absolute Gasteiger partial charge is 0.306 e. The maximum Gasteiger partial charge on any atom is 0.306 e. The lowest BCUT2D eigenvalue weighted by Gasteiger charge is -2.18. The largest absolute Gasteiger partial charge is 0.462 e. The van der Waals surface area contributed by atoms with Crippen LogP contribution < -0.4 is 0 Å². The fourth-order valence-corrected chi connectivity index (χ4v) is 9.18. The zero-order valence-electron chi connectivity index (χ0n) is 47.1. The van der Waals surface area contributed by atoms with Crippen molar-refractivity contribution >= 4 is 17.9 Å². The minimum Gasteiger partial charge on any atom is -0.462 e. The first-order valence-corrected chi connectivity index (χ1v) is 31.0. The molecule has 0 fully saturated rings. The number of rotatable bonds is 57. The lowest BCUT2D eigenvalue weighted by molar-refractivity contribution is -0.167. The first-order valence-electron chi connectivity index (χ1n) is 31.0. The van der Waals surface area contributed by atoms with E-state index in [2.05, 4.69) is 57.2 Å². The Labute approximate surface area is 435 Å². The van der Waals surface area contributed by atoms with Gasteiger partial charge in [0.1, 0.15) is 13.2 Å². The third kappa shape index (κ3) is 56.5. The van der Waals surface area contributed by atoms with Gasteiger partial charge in [-0.2, -0.15) is 0 Å². The zero-order valence-corrected chi connectivity index (χ0v) is 47.1. The van der Waals surface area contributed by atoms with E-state index in [1.807, 2.05) is 0 Å². The van der Waals surface area contributed by atoms with Crippen LogP contribution in [0.1, 0.15) is 335 Å². The topological polar surface area (TPSA) is 78.9 Å². The number of carbonyl (C=O) groups excluding carboxylic acids is 3. The second-order valence-corrected chi connectivity index (χ2v) is 21.0. The second kappa shape index (κ2) is 59.2. The molecule has 0 aromatic heterocycles. The minimum absolute atomic E-state index is 0.0731. The quantitative estimate of drug-likeness (QED) is 0.0261. The van der Waals surface area contributed by atoms with Gasteiger partial charge in [-0.1, -0.05) is 282 Å². The van der Waals surface area contributed by atoms with Gasteiger partial charge in [-0.3, -0.25) is 14.4 Å². The highest BCUT2D eigenvalue weighted by Gasteiger charge is 2.19. The van der Waals surface area contributed by atoms with Crippen LogP contribution in [0.5, 0.6) is 0 Å². The van der Waals surface area contributed by atoms with Gasteiger partial charge in [-0.05, 0) is 70.6 Å². The fraction of sp³-hybridized carbons (Fsp3) is 0.859. The summed E-state index contributed by atoms with van der Waals surface area (Å²) in [5.41, 5.74) is 0. The Morgan fingerprint density at radius 3 is 0.857 bits per heavy atom. The molecule has 6 heteroatoms. The molecule has 6 nitrogen and oxygen atoms in total. The summed E-state index contributed by atoms with van der Waals surface area (Å²) in [6.07, 6.45) is 71.5. The van der Waals surface area contributed by atoms with Crippen molar-refractivity contribution in [1.82, 2.24) is 0 Å². The van der Waals surface area contributed by atoms with Crippen LogP contribution in [0, 0.1) is 0 Å². The van der Waals surface area contributed by atoms with Crippen molar-refractivity contribution in [3.63, 3.8) is 0 Å². The van der Waals surface area contributed by atoms with Gasteiger partial charge >= 0.3 is 17.9 Å². The second-order valence-electron chi connectivity index (χ2n) is 21.0. The lowest BCUT2D eigenvalue weighted by atomic mass is 10.0. The molecule has 0 aliphatic rings. The zero-order chi connectivity index (χ0) is 50.7. The van der Waals surface area contributed by atoms with Crippen LogP contribution in [0.3, 0.4) is 0 Å². The number of esters is 3. The minimum atomic E-state index is -0.775. The van der Waals surface area contributed by atoms with E-state index in [1.54, 1.807) is 0 Å². The Balaban J connectivity index is 4.27. The Morgan fingerprint density at radius 2 is 0.543 bits per heavy atom. The van der Waals surface area contributed by atoms with Gasteiger partial charge in [0.25, 0.3) is 0 Å². The van der Waals surface area contributed by atoms with Gasteiger partial charge in [0.15, 0.2) is 6.10 Å². The molecule has 0 aliphatic heterocycles. The highest BCUT2D eigenvalue weighted by atomic mass is 16.6. The van der Waals surface area contributed by atoms with Crippen LogP contribution in [0.2, 0.25) is 0 Å². The lowest BCUT2D eigenvalue weighted by Crippen LogP contribution is -2.30. The van der Waals surface area contributed by atoms with Crippen molar-refractivity contribution < 1.29 is 28.6 Å². The van der Waals surface area contributed by atoms with Crippen LogP contribution in [0.15, 0.2) is 36.5 Å². The molecule has 1 atom stereocenters. The predicted octanol–water partition coefficient (Wildman–Crippen LogP) is 20.8. The summed E-state index contributed by atoms with van der Waals surface area (Å²) in [5.74, 6) is -0.868. The van der Waals surface area contributed by atoms with E-state index in [1.165, 1.54) is 212 Å². The first kappa shape index (κ1) is 67.6. The normalized spacial score (nSPS) is 12.2. The molecule has 0 saturated carbocycles. The molecule has 70 heavy (non-hydrogen) atoms. The highest BCUT2D eigenvalue weighted by Crippen LogP contribution is 2.17. The predicted molar refractivity (Wildman–Crippen MR) is 302 cm³/mol. The highest BCUT2D eigenvalue weighted by molar-refractivity contribution is 5.71. The summed E-state index contributed by atoms with van der Waals surface area (Å²) in [6.45, 7) is 6.62. The van der Waals surface area contributed by atoms with Gasteiger partial charge < -0.3 is 14.2 Å². The SMILES string of the molecule is CCC/C=C\C/C=C\CCCCCCCC(=O)OCC(COC(=O)CCCCCCCCCCCCC/C=C\CCCCCCCCCC)OC(=O)CCCCCCCCCCCCCCCCCC. The average molecular weight is 984 g/mol. The number of unbranched alkanes of at least 4 members (excludes halogenated alkanes) is 40. The standard InChI is InChI=1S/C64H118O6/c1-4-7-10-13-16-19-22-25-27-29-30-31-32-33-34-35-37-39-42-45-48-51-54-57-63(66)69-60-61(59-68-62(65)56-53-50-47-44-41-38-24-21-18-15-12-9-6-3)70-64(67)58-55-52-49-46-43-40-36-28-26-23-20-17-14-11-8-5-2/h12,15,21,24,29-30,61H,4-11,13-14,16-20,22-23,25-28,31-60H2,1-3H3/b15-12-,24-21-,30-29-. The molecule has 0 radical (unpaired) electrons. The van der Waals surface area contributed by atoms with E-state index in [9.17, 15) is 14.4 Å². The summed E-state index contributed by atoms with van der Waals surface area (Å²) in [5, 5.41) is 0. The molecule has 1 unspecified atom stereocenters. The van der Waals surface area contributed by atoms with E-state index in [0.29, 0.717) is 19.3 Å². The van der Waals surface area contributed by atoms with Crippen LogP contribution in [0.25, 0.3) is 0 Å². The summed E-state index contributed by atoms with van der Waals surface area (Å²) >= 11 is 0. The molecule has 0 amide bonds. The number of carbonyl (C=O) groups is 3. The van der Waals surface area contributed by atoms with Crippen LogP contribution >= 0.6 is 0 Å². The summed E-state index contributed by atoms with van der Waals surface area (Å²) in [4.78, 5) is 38.2. The number of ether oxygens (including phenoxy) is 3. The van der Waals surface area contributed by atoms with Gasteiger partial charge in [0, 0.05) is 19.3 Å². The average Bonchev–Trinajstić information content (AvgIpc) is 3.36. The number of allylic oxidation sites excluding steroid dienone is 6. The molecule has 0 heterocycles. The molecule has 0 spiro atoms. The molecular formula is C64H118O6. The number of hydrogen-bond donors (Lipinski definition) is 0. The van der Waals surface area contributed by atoms with Crippen LogP contribution in [0.4, 0.5) is 0 Å². The summed E-state index contributed by atoms with van der Waals surface area (Å²) in [7, 11) is 0. The van der Waals surface area contributed by atoms with Crippen molar-refractivity contribution in [2.24, 2.45) is 0 Å². The summed E-state index contributed by atoms with van der Waals surface area (Å²) < 4.78 is 16.9. The van der Waals surface area contributed by atoms with Gasteiger partial charge in [-0.25, -0.2) is 0 Å². The van der Waals surface area contributed by atoms with E-state index >= 15 is 0 Å². The van der Waals surface area contributed by atoms with Crippen molar-refractivity contribution in [3.05, 3.63) is 36.5 Å². The Bertz CT molecular complexity index is 1170. The number of hydrogen-bond acceptors (Lipinski definition) is 6. The van der Waals surface area contributed by atoms with Crippen molar-refractivity contribution in [3.8, 4) is 0 Å². The molecule has 0 N–H and O–H groups in total. The Morgan fingerprint density at radius 1 is 0.286 bits per heavy atom. The molecule has 410 valence electrons. The van der Waals surface area contributed by atoms with Crippen LogP contribution in [-0.2, 0) is 28.6 Å². The van der Waals surface area contributed by atoms with E-state index in [-0.39, 0.29) is 31.1 Å². The molecule has 0 aromatic rings. The Hall–Kier alpha value is -2.37. The van der Waals surface area contributed by atoms with E-state index in [0.717, 1.165) is 83.5 Å². The van der Waals surface area contributed by atoms with Gasteiger partial charge in [0.05, 0.1) is 0 Å². The fourth-order valence-electron chi connectivity index (χ4n) is 9.18. The van der Waals surface area contributed by atoms with Crippen LogP contribution in [-0.4, -0.2) is 37.2 Å². The molecule has 0 bridgehead atoms. The molecule has 0 aliphatic carbocycles. The molecular weight excluding hydrogens is 865 g/mol. The summed E-state index contributed by atoms with van der Waals surface area (Å²) in [6, 6.07) is 0. The van der Waals surface area contributed by atoms with E-state index in [4.69, 9.17) is 14.2 Å². The molecule has 0 aromatic carbocycles. The first-order chi connectivity index (χ1) is 34.5. The van der Waals surface area contributed by atoms with Crippen molar-refractivity contribution in [1.29, 1.82) is 0 Å². The third-order valence-electron chi connectivity index (χ3n) is 13.8.